The van der Waals surface area contributed by atoms with Gasteiger partial charge in [0.2, 0.25) is 0 Å². The van der Waals surface area contributed by atoms with Crippen LogP contribution in [0.4, 0.5) is 5.82 Å². The van der Waals surface area contributed by atoms with Crippen molar-refractivity contribution < 1.29 is 0 Å². The summed E-state index contributed by atoms with van der Waals surface area (Å²) in [5.74, 6) is 3.09. The molecule has 0 spiro atoms. The molecule has 0 amide bonds. The third-order valence-electron chi connectivity index (χ3n) is 4.38. The highest BCUT2D eigenvalue weighted by Crippen LogP contribution is 2.33. The number of nitrogens with one attached hydrogen (secondary N) is 1. The first-order chi connectivity index (χ1) is 10.0. The lowest BCUT2D eigenvalue weighted by molar-refractivity contribution is 0.361. The summed E-state index contributed by atoms with van der Waals surface area (Å²) in [5, 5.41) is 4.82. The molecule has 1 aliphatic rings. The first kappa shape index (κ1) is 14.7. The van der Waals surface area contributed by atoms with Gasteiger partial charge >= 0.3 is 0 Å². The second kappa shape index (κ2) is 5.87. The Bertz CT molecular complexity index is 626. The molecular formula is C16H24N4S. The number of anilines is 1. The number of aromatic nitrogens is 3. The molecule has 114 valence electrons. The van der Waals surface area contributed by atoms with Crippen molar-refractivity contribution in [2.45, 2.75) is 65.3 Å². The molecule has 1 aliphatic carbocycles. The van der Waals surface area contributed by atoms with E-state index in [4.69, 9.17) is 0 Å². The SMILES string of the molecule is Cc1nc(N[C@H]2CC[C@H](C)CC2)c2c(C(C)C)nsc2n1. The Hall–Kier alpha value is -1.23. The van der Waals surface area contributed by atoms with E-state index in [2.05, 4.69) is 40.4 Å². The second-order valence-electron chi connectivity index (χ2n) is 6.62. The fourth-order valence-electron chi connectivity index (χ4n) is 3.08. The van der Waals surface area contributed by atoms with Gasteiger partial charge in [0.25, 0.3) is 0 Å². The van der Waals surface area contributed by atoms with Crippen LogP contribution in [0, 0.1) is 12.8 Å². The van der Waals surface area contributed by atoms with Crippen LogP contribution in [0.1, 0.15) is 63.9 Å². The van der Waals surface area contributed by atoms with Gasteiger partial charge in [-0.05, 0) is 56.0 Å². The zero-order valence-corrected chi connectivity index (χ0v) is 14.1. The molecule has 21 heavy (non-hydrogen) atoms. The Morgan fingerprint density at radius 2 is 1.86 bits per heavy atom. The first-order valence-corrected chi connectivity index (χ1v) is 8.72. The van der Waals surface area contributed by atoms with Crippen LogP contribution in [0.25, 0.3) is 10.2 Å². The van der Waals surface area contributed by atoms with Gasteiger partial charge in [-0.15, -0.1) is 0 Å². The Morgan fingerprint density at radius 3 is 2.52 bits per heavy atom. The number of nitrogens with zero attached hydrogens (tertiary/aromatic N) is 3. The van der Waals surface area contributed by atoms with Gasteiger partial charge in [0.15, 0.2) is 0 Å². The monoisotopic (exact) mass is 304 g/mol. The molecule has 0 unspecified atom stereocenters. The van der Waals surface area contributed by atoms with E-state index in [1.165, 1.54) is 37.2 Å². The standard InChI is InChI=1S/C16H24N4S/c1-9(2)14-13-15(17-11(4)18-16(13)21-20-14)19-12-7-5-10(3)6-8-12/h9-10,12H,5-8H2,1-4H3,(H,17,18,19)/t10-,12-. The van der Waals surface area contributed by atoms with Crippen LogP contribution >= 0.6 is 11.5 Å². The average Bonchev–Trinajstić information content (AvgIpc) is 2.85. The van der Waals surface area contributed by atoms with Crippen molar-refractivity contribution in [2.75, 3.05) is 5.32 Å². The average molecular weight is 304 g/mol. The topological polar surface area (TPSA) is 50.7 Å². The minimum atomic E-state index is 0.400. The maximum absolute atomic E-state index is 4.67. The summed E-state index contributed by atoms with van der Waals surface area (Å²) < 4.78 is 4.60. The molecule has 1 saturated carbocycles. The van der Waals surface area contributed by atoms with Crippen molar-refractivity contribution in [3.8, 4) is 0 Å². The molecule has 2 aromatic rings. The van der Waals surface area contributed by atoms with Crippen molar-refractivity contribution in [2.24, 2.45) is 5.92 Å². The maximum Gasteiger partial charge on any atom is 0.149 e. The number of hydrogen-bond acceptors (Lipinski definition) is 5. The fraction of sp³-hybridized carbons (Fsp3) is 0.688. The molecule has 2 heterocycles. The van der Waals surface area contributed by atoms with Crippen molar-refractivity contribution in [1.82, 2.24) is 14.3 Å². The lowest BCUT2D eigenvalue weighted by Gasteiger charge is -2.27. The highest BCUT2D eigenvalue weighted by molar-refractivity contribution is 7.13. The van der Waals surface area contributed by atoms with Gasteiger partial charge in [-0.1, -0.05) is 20.8 Å². The van der Waals surface area contributed by atoms with Crippen molar-refractivity contribution in [3.63, 3.8) is 0 Å². The van der Waals surface area contributed by atoms with Gasteiger partial charge in [0.1, 0.15) is 16.5 Å². The number of rotatable bonds is 3. The second-order valence-corrected chi connectivity index (χ2v) is 7.38. The highest BCUT2D eigenvalue weighted by Gasteiger charge is 2.22. The molecule has 4 nitrogen and oxygen atoms in total. The largest absolute Gasteiger partial charge is 0.367 e. The lowest BCUT2D eigenvalue weighted by atomic mass is 9.87. The Balaban J connectivity index is 1.94. The molecule has 3 rings (SSSR count). The van der Waals surface area contributed by atoms with Crippen LogP contribution in [0.2, 0.25) is 0 Å². The summed E-state index contributed by atoms with van der Waals surface area (Å²) in [5.41, 5.74) is 1.13. The predicted molar refractivity (Wildman–Crippen MR) is 89.1 cm³/mol. The first-order valence-electron chi connectivity index (χ1n) is 7.95. The van der Waals surface area contributed by atoms with Gasteiger partial charge in [-0.2, -0.15) is 4.37 Å². The van der Waals surface area contributed by atoms with Gasteiger partial charge < -0.3 is 5.32 Å². The quantitative estimate of drug-likeness (QED) is 0.906. The summed E-state index contributed by atoms with van der Waals surface area (Å²) in [6, 6.07) is 0.540. The molecule has 0 aromatic carbocycles. The fourth-order valence-corrected chi connectivity index (χ4v) is 4.03. The van der Waals surface area contributed by atoms with Crippen LogP contribution in [-0.4, -0.2) is 20.4 Å². The van der Waals surface area contributed by atoms with E-state index < -0.39 is 0 Å². The molecule has 1 N–H and O–H groups in total. The minimum absolute atomic E-state index is 0.400. The van der Waals surface area contributed by atoms with Crippen molar-refractivity contribution in [3.05, 3.63) is 11.5 Å². The van der Waals surface area contributed by atoms with E-state index >= 15 is 0 Å². The molecule has 0 aliphatic heterocycles. The van der Waals surface area contributed by atoms with Crippen LogP contribution in [0.3, 0.4) is 0 Å². The maximum atomic E-state index is 4.67. The third-order valence-corrected chi connectivity index (χ3v) is 5.13. The highest BCUT2D eigenvalue weighted by atomic mass is 32.1. The van der Waals surface area contributed by atoms with Crippen molar-refractivity contribution in [1.29, 1.82) is 0 Å². The zero-order chi connectivity index (χ0) is 15.0. The summed E-state index contributed by atoms with van der Waals surface area (Å²) in [6.07, 6.45) is 5.09. The van der Waals surface area contributed by atoms with Gasteiger partial charge in [0, 0.05) is 6.04 Å². The smallest absolute Gasteiger partial charge is 0.149 e. The molecule has 0 atom stereocenters. The van der Waals surface area contributed by atoms with E-state index in [0.717, 1.165) is 33.5 Å². The van der Waals surface area contributed by atoms with E-state index in [-0.39, 0.29) is 0 Å². The number of fused-ring (bicyclic) bond motifs is 1. The molecule has 0 bridgehead atoms. The summed E-state index contributed by atoms with van der Waals surface area (Å²) >= 11 is 1.49. The normalized spacial score (nSPS) is 22.9. The van der Waals surface area contributed by atoms with Crippen LogP contribution < -0.4 is 5.32 Å². The summed E-state index contributed by atoms with van der Waals surface area (Å²) in [4.78, 5) is 10.2. The third kappa shape index (κ3) is 3.03. The Kier molecular flexibility index (Phi) is 4.11. The van der Waals surface area contributed by atoms with E-state index in [1.807, 2.05) is 6.92 Å². The number of aryl methyl sites for hydroxylation is 1. The van der Waals surface area contributed by atoms with Crippen LogP contribution in [0.15, 0.2) is 0 Å². The van der Waals surface area contributed by atoms with Crippen LogP contribution in [0.5, 0.6) is 0 Å². The molecular weight excluding hydrogens is 280 g/mol. The molecule has 5 heteroatoms. The van der Waals surface area contributed by atoms with Gasteiger partial charge in [-0.25, -0.2) is 9.97 Å². The molecule has 1 fully saturated rings. The minimum Gasteiger partial charge on any atom is -0.367 e. The number of hydrogen-bond donors (Lipinski definition) is 1. The predicted octanol–water partition coefficient (Wildman–Crippen LogP) is 4.51. The Labute approximate surface area is 130 Å². The molecule has 0 saturated heterocycles. The lowest BCUT2D eigenvalue weighted by Crippen LogP contribution is -2.26. The molecule has 2 aromatic heterocycles. The van der Waals surface area contributed by atoms with Gasteiger partial charge in [0.05, 0.1) is 11.1 Å². The van der Waals surface area contributed by atoms with E-state index in [9.17, 15) is 0 Å². The van der Waals surface area contributed by atoms with E-state index in [1.54, 1.807) is 0 Å². The van der Waals surface area contributed by atoms with Crippen LogP contribution in [-0.2, 0) is 0 Å². The zero-order valence-electron chi connectivity index (χ0n) is 13.3. The summed E-state index contributed by atoms with van der Waals surface area (Å²) in [6.45, 7) is 8.67. The van der Waals surface area contributed by atoms with Crippen molar-refractivity contribution >= 4 is 27.6 Å². The summed E-state index contributed by atoms with van der Waals surface area (Å²) in [7, 11) is 0. The molecule has 0 radical (unpaired) electrons. The Morgan fingerprint density at radius 1 is 1.14 bits per heavy atom. The van der Waals surface area contributed by atoms with E-state index in [0.29, 0.717) is 12.0 Å². The van der Waals surface area contributed by atoms with Gasteiger partial charge in [-0.3, -0.25) is 0 Å².